The van der Waals surface area contributed by atoms with Gasteiger partial charge in [-0.25, -0.2) is 4.79 Å². The van der Waals surface area contributed by atoms with Gasteiger partial charge in [-0.15, -0.1) is 0 Å². The van der Waals surface area contributed by atoms with Crippen molar-refractivity contribution in [2.24, 2.45) is 23.3 Å². The minimum Gasteiger partial charge on any atom is -0.460 e. The Bertz CT molecular complexity index is 610. The van der Waals surface area contributed by atoms with Crippen molar-refractivity contribution in [3.8, 4) is 0 Å². The van der Waals surface area contributed by atoms with E-state index in [4.69, 9.17) is 20.9 Å². The van der Waals surface area contributed by atoms with Crippen LogP contribution in [0.5, 0.6) is 0 Å². The van der Waals surface area contributed by atoms with E-state index in [9.17, 15) is 9.59 Å². The molecule has 1 amide bonds. The molecule has 1 aliphatic rings. The van der Waals surface area contributed by atoms with Crippen LogP contribution < -0.4 is 11.5 Å². The van der Waals surface area contributed by atoms with Crippen molar-refractivity contribution in [1.29, 1.82) is 0 Å². The third-order valence-corrected chi connectivity index (χ3v) is 5.24. The lowest BCUT2D eigenvalue weighted by Gasteiger charge is -2.34. The van der Waals surface area contributed by atoms with Gasteiger partial charge in [0.25, 0.3) is 0 Å². The Kier molecular flexibility index (Phi) is 7.66. The molecule has 6 nitrogen and oxygen atoms in total. The SMILES string of the molecule is CC(C)(CC1CCC(CC(N)C(=O)OCc2ccccc2)CC1)OC(N)=O. The fourth-order valence-electron chi connectivity index (χ4n) is 3.97. The van der Waals surface area contributed by atoms with E-state index in [1.807, 2.05) is 44.2 Å². The summed E-state index contributed by atoms with van der Waals surface area (Å²) in [7, 11) is 0. The van der Waals surface area contributed by atoms with E-state index >= 15 is 0 Å². The molecule has 2 rings (SSSR count). The van der Waals surface area contributed by atoms with E-state index in [1.165, 1.54) is 0 Å². The molecule has 6 heteroatoms. The van der Waals surface area contributed by atoms with Gasteiger partial charge in [0.05, 0.1) is 0 Å². The van der Waals surface area contributed by atoms with Gasteiger partial charge in [0, 0.05) is 0 Å². The van der Waals surface area contributed by atoms with Gasteiger partial charge >= 0.3 is 12.1 Å². The second-order valence-corrected chi connectivity index (χ2v) is 8.21. The van der Waals surface area contributed by atoms with Crippen LogP contribution >= 0.6 is 0 Å². The molecule has 0 spiro atoms. The first kappa shape index (κ1) is 21.2. The lowest BCUT2D eigenvalue weighted by molar-refractivity contribution is -0.147. The Labute approximate surface area is 161 Å². The molecule has 0 radical (unpaired) electrons. The van der Waals surface area contributed by atoms with Crippen LogP contribution in [0.3, 0.4) is 0 Å². The number of carbonyl (C=O) groups is 2. The number of ether oxygens (including phenoxy) is 2. The van der Waals surface area contributed by atoms with Crippen LogP contribution in [0.15, 0.2) is 30.3 Å². The van der Waals surface area contributed by atoms with Crippen molar-refractivity contribution >= 4 is 12.1 Å². The molecule has 27 heavy (non-hydrogen) atoms. The predicted octanol–water partition coefficient (Wildman–Crippen LogP) is 3.52. The average Bonchev–Trinajstić information content (AvgIpc) is 2.60. The number of hydrogen-bond acceptors (Lipinski definition) is 5. The zero-order chi connectivity index (χ0) is 19.9. The van der Waals surface area contributed by atoms with E-state index < -0.39 is 17.7 Å². The van der Waals surface area contributed by atoms with Crippen LogP contribution in [0.4, 0.5) is 4.79 Å². The van der Waals surface area contributed by atoms with E-state index in [0.717, 1.165) is 37.7 Å². The van der Waals surface area contributed by atoms with Crippen LogP contribution in [0.1, 0.15) is 57.9 Å². The number of esters is 1. The summed E-state index contributed by atoms with van der Waals surface area (Å²) in [5.74, 6) is 0.592. The van der Waals surface area contributed by atoms with Gasteiger partial charge in [-0.3, -0.25) is 4.79 Å². The highest BCUT2D eigenvalue weighted by atomic mass is 16.6. The van der Waals surface area contributed by atoms with E-state index in [0.29, 0.717) is 18.3 Å². The maximum absolute atomic E-state index is 12.1. The Morgan fingerprint density at radius 1 is 1.11 bits per heavy atom. The molecule has 0 heterocycles. The molecule has 1 fully saturated rings. The largest absolute Gasteiger partial charge is 0.460 e. The summed E-state index contributed by atoms with van der Waals surface area (Å²) >= 11 is 0. The molecular formula is C21H32N2O4. The van der Waals surface area contributed by atoms with Crippen molar-refractivity contribution in [3.05, 3.63) is 35.9 Å². The summed E-state index contributed by atoms with van der Waals surface area (Å²) in [5.41, 5.74) is 11.6. The summed E-state index contributed by atoms with van der Waals surface area (Å²) in [5, 5.41) is 0. The molecule has 4 N–H and O–H groups in total. The fraction of sp³-hybridized carbons (Fsp3) is 0.619. The van der Waals surface area contributed by atoms with Gasteiger partial charge < -0.3 is 20.9 Å². The van der Waals surface area contributed by atoms with Crippen molar-refractivity contribution in [2.45, 2.75) is 70.6 Å². The predicted molar refractivity (Wildman–Crippen MR) is 104 cm³/mol. The van der Waals surface area contributed by atoms with Gasteiger partial charge in [0.1, 0.15) is 18.2 Å². The van der Waals surface area contributed by atoms with E-state index in [2.05, 4.69) is 0 Å². The lowest BCUT2D eigenvalue weighted by atomic mass is 9.76. The maximum Gasteiger partial charge on any atom is 0.405 e. The molecule has 1 aromatic carbocycles. The molecule has 0 saturated heterocycles. The quantitative estimate of drug-likeness (QED) is 0.676. The number of hydrogen-bond donors (Lipinski definition) is 2. The van der Waals surface area contributed by atoms with Crippen molar-refractivity contribution in [1.82, 2.24) is 0 Å². The van der Waals surface area contributed by atoms with E-state index in [1.54, 1.807) is 0 Å². The van der Waals surface area contributed by atoms with Gasteiger partial charge in [-0.2, -0.15) is 0 Å². The zero-order valence-corrected chi connectivity index (χ0v) is 16.4. The summed E-state index contributed by atoms with van der Waals surface area (Å²) < 4.78 is 10.5. The number of primary amides is 1. The number of nitrogens with two attached hydrogens (primary N) is 2. The summed E-state index contributed by atoms with van der Waals surface area (Å²) in [4.78, 5) is 23.1. The number of rotatable bonds is 8. The van der Waals surface area contributed by atoms with Crippen LogP contribution in [-0.2, 0) is 20.9 Å². The highest BCUT2D eigenvalue weighted by Crippen LogP contribution is 2.36. The molecular weight excluding hydrogens is 344 g/mol. The number of amides is 1. The monoisotopic (exact) mass is 376 g/mol. The molecule has 1 aromatic rings. The van der Waals surface area contributed by atoms with E-state index in [-0.39, 0.29) is 12.6 Å². The Hall–Kier alpha value is -2.08. The molecule has 1 aliphatic carbocycles. The number of benzene rings is 1. The van der Waals surface area contributed by atoms with Crippen LogP contribution in [0.2, 0.25) is 0 Å². The molecule has 0 aliphatic heterocycles. The van der Waals surface area contributed by atoms with Gasteiger partial charge in [0.2, 0.25) is 0 Å². The summed E-state index contributed by atoms with van der Waals surface area (Å²) in [6.45, 7) is 4.04. The Balaban J connectivity index is 1.70. The molecule has 1 saturated carbocycles. The van der Waals surface area contributed by atoms with Crippen molar-refractivity contribution in [3.63, 3.8) is 0 Å². The minimum absolute atomic E-state index is 0.259. The molecule has 0 aromatic heterocycles. The zero-order valence-electron chi connectivity index (χ0n) is 16.4. The second kappa shape index (κ2) is 9.74. The van der Waals surface area contributed by atoms with Gasteiger partial charge in [-0.05, 0) is 44.1 Å². The third kappa shape index (κ3) is 7.59. The topological polar surface area (TPSA) is 105 Å². The van der Waals surface area contributed by atoms with Crippen LogP contribution in [0.25, 0.3) is 0 Å². The van der Waals surface area contributed by atoms with Crippen molar-refractivity contribution < 1.29 is 19.1 Å². The van der Waals surface area contributed by atoms with Gasteiger partial charge in [-0.1, -0.05) is 56.0 Å². The first-order chi connectivity index (χ1) is 12.7. The Morgan fingerprint density at radius 2 is 1.70 bits per heavy atom. The second-order valence-electron chi connectivity index (χ2n) is 8.21. The first-order valence-electron chi connectivity index (χ1n) is 9.70. The maximum atomic E-state index is 12.1. The normalized spacial score (nSPS) is 21.3. The highest BCUT2D eigenvalue weighted by molar-refractivity contribution is 5.75. The highest BCUT2D eigenvalue weighted by Gasteiger charge is 2.31. The first-order valence-corrected chi connectivity index (χ1v) is 9.70. The minimum atomic E-state index is -0.728. The van der Waals surface area contributed by atoms with Crippen LogP contribution in [0, 0.1) is 11.8 Å². The smallest absolute Gasteiger partial charge is 0.405 e. The average molecular weight is 376 g/mol. The van der Waals surface area contributed by atoms with Crippen LogP contribution in [-0.4, -0.2) is 23.7 Å². The van der Waals surface area contributed by atoms with Gasteiger partial charge in [0.15, 0.2) is 0 Å². The third-order valence-electron chi connectivity index (χ3n) is 5.24. The Morgan fingerprint density at radius 3 is 2.30 bits per heavy atom. The van der Waals surface area contributed by atoms with Crippen molar-refractivity contribution in [2.75, 3.05) is 0 Å². The molecule has 1 atom stereocenters. The summed E-state index contributed by atoms with van der Waals surface area (Å²) in [6.07, 6.45) is 4.86. The summed E-state index contributed by atoms with van der Waals surface area (Å²) in [6, 6.07) is 9.01. The molecule has 0 bridgehead atoms. The molecule has 150 valence electrons. The number of carbonyl (C=O) groups excluding carboxylic acids is 2. The fourth-order valence-corrected chi connectivity index (χ4v) is 3.97. The lowest BCUT2D eigenvalue weighted by Crippen LogP contribution is -2.36. The standard InChI is InChI=1S/C21H32N2O4/c1-21(2,27-20(23)25)13-16-10-8-15(9-11-16)12-18(22)19(24)26-14-17-6-4-3-5-7-17/h3-7,15-16,18H,8-14,22H2,1-2H3,(H2,23,25). The molecule has 1 unspecified atom stereocenters.